The Bertz CT molecular complexity index is 1760. The highest BCUT2D eigenvalue weighted by atomic mass is 16.5. The summed E-state index contributed by atoms with van der Waals surface area (Å²) in [5.41, 5.74) is 6.05. The topological polar surface area (TPSA) is 54.0 Å². The summed E-state index contributed by atoms with van der Waals surface area (Å²) < 4.78 is 23.5. The van der Waals surface area contributed by atoms with E-state index in [0.717, 1.165) is 83.1 Å². The van der Waals surface area contributed by atoms with E-state index in [9.17, 15) is 4.79 Å². The second kappa shape index (κ2) is 18.7. The van der Waals surface area contributed by atoms with Gasteiger partial charge < -0.3 is 18.9 Å². The molecule has 0 fully saturated rings. The number of ketones is 1. The maximum Gasteiger partial charge on any atom is 0.185 e. The first-order valence-corrected chi connectivity index (χ1v) is 16.9. The van der Waals surface area contributed by atoms with E-state index < -0.39 is 0 Å². The molecule has 5 rings (SSSR count). The molecule has 0 radical (unpaired) electrons. The molecule has 0 bridgehead atoms. The molecule has 0 atom stereocenters. The zero-order chi connectivity index (χ0) is 34.1. The first-order valence-electron chi connectivity index (χ1n) is 16.9. The maximum absolute atomic E-state index is 12.3. The summed E-state index contributed by atoms with van der Waals surface area (Å²) in [6.45, 7) is 8.26. The van der Waals surface area contributed by atoms with Crippen LogP contribution in [0.15, 0.2) is 140 Å². The molecule has 0 saturated carbocycles. The lowest BCUT2D eigenvalue weighted by atomic mass is 10.1. The van der Waals surface area contributed by atoms with Gasteiger partial charge in [-0.1, -0.05) is 97.1 Å². The van der Waals surface area contributed by atoms with Crippen LogP contribution in [0.4, 0.5) is 0 Å². The summed E-state index contributed by atoms with van der Waals surface area (Å²) in [5, 5.41) is 0. The summed E-state index contributed by atoms with van der Waals surface area (Å²) in [6, 6.07) is 41.3. The Morgan fingerprint density at radius 3 is 1.41 bits per heavy atom. The lowest BCUT2D eigenvalue weighted by molar-refractivity contribution is 0.104. The Hall–Kier alpha value is -5.55. The minimum Gasteiger partial charge on any atom is -0.494 e. The molecule has 0 aliphatic heterocycles. The zero-order valence-corrected chi connectivity index (χ0v) is 28.2. The highest BCUT2D eigenvalue weighted by molar-refractivity contribution is 6.06. The molecule has 0 unspecified atom stereocenters. The minimum absolute atomic E-state index is 0.0214. The quantitative estimate of drug-likeness (QED) is 0.0505. The van der Waals surface area contributed by atoms with Gasteiger partial charge in [-0.15, -0.1) is 0 Å². The summed E-state index contributed by atoms with van der Waals surface area (Å²) in [4.78, 5) is 12.3. The van der Waals surface area contributed by atoms with Gasteiger partial charge in [0, 0.05) is 5.56 Å². The smallest absolute Gasteiger partial charge is 0.185 e. The number of allylic oxidation sites excluding steroid dienone is 2. The summed E-state index contributed by atoms with van der Waals surface area (Å²) >= 11 is 0. The molecule has 0 aliphatic carbocycles. The van der Waals surface area contributed by atoms with Gasteiger partial charge in [-0.25, -0.2) is 0 Å². The van der Waals surface area contributed by atoms with Crippen LogP contribution in [0.25, 0.3) is 22.8 Å². The number of hydrogen-bond acceptors (Lipinski definition) is 5. The third kappa shape index (κ3) is 11.6. The Balaban J connectivity index is 0.932. The van der Waals surface area contributed by atoms with Crippen molar-refractivity contribution in [1.29, 1.82) is 0 Å². The van der Waals surface area contributed by atoms with E-state index in [1.54, 1.807) is 6.08 Å². The van der Waals surface area contributed by atoms with Crippen molar-refractivity contribution in [1.82, 2.24) is 0 Å². The molecule has 5 heteroatoms. The monoisotopic (exact) mass is 652 g/mol. The Labute approximate surface area is 290 Å². The molecule has 0 spiro atoms. The van der Waals surface area contributed by atoms with Gasteiger partial charge in [0.2, 0.25) is 0 Å². The van der Waals surface area contributed by atoms with Crippen LogP contribution in [0.1, 0.15) is 54.1 Å². The van der Waals surface area contributed by atoms with Crippen LogP contribution in [0.3, 0.4) is 0 Å². The second-order valence-corrected chi connectivity index (χ2v) is 11.8. The number of hydrogen-bond donors (Lipinski definition) is 0. The number of ether oxygens (including phenoxy) is 4. The van der Waals surface area contributed by atoms with Gasteiger partial charge in [0.15, 0.2) is 5.78 Å². The largest absolute Gasteiger partial charge is 0.494 e. The van der Waals surface area contributed by atoms with E-state index in [2.05, 4.69) is 30.8 Å². The fraction of sp³-hybridized carbons (Fsp3) is 0.205. The summed E-state index contributed by atoms with van der Waals surface area (Å²) in [5.74, 6) is 3.31. The van der Waals surface area contributed by atoms with Crippen LogP contribution >= 0.6 is 0 Å². The minimum atomic E-state index is -0.0214. The van der Waals surface area contributed by atoms with E-state index in [1.807, 2.05) is 116 Å². The van der Waals surface area contributed by atoms with Gasteiger partial charge >= 0.3 is 0 Å². The normalized spacial score (nSPS) is 10.9. The Morgan fingerprint density at radius 2 is 0.939 bits per heavy atom. The van der Waals surface area contributed by atoms with Crippen molar-refractivity contribution >= 4 is 17.4 Å². The molecule has 0 N–H and O–H groups in total. The van der Waals surface area contributed by atoms with Crippen molar-refractivity contribution in [3.8, 4) is 34.1 Å². The van der Waals surface area contributed by atoms with Crippen molar-refractivity contribution in [2.75, 3.05) is 26.4 Å². The number of unbranched alkanes of at least 4 members (excludes halogenated alkanes) is 3. The van der Waals surface area contributed by atoms with Gasteiger partial charge in [0.1, 0.15) is 36.2 Å². The number of carbonyl (C=O) groups excluding carboxylic acids is 1. The molecule has 0 amide bonds. The van der Waals surface area contributed by atoms with Crippen molar-refractivity contribution in [2.45, 2.75) is 32.6 Å². The molecular formula is C44H44O5. The van der Waals surface area contributed by atoms with Gasteiger partial charge in [0.05, 0.1) is 13.2 Å². The van der Waals surface area contributed by atoms with Gasteiger partial charge in [-0.2, -0.15) is 0 Å². The third-order valence-corrected chi connectivity index (χ3v) is 7.95. The highest BCUT2D eigenvalue weighted by Gasteiger charge is 2.03. The van der Waals surface area contributed by atoms with E-state index in [-0.39, 0.29) is 5.78 Å². The van der Waals surface area contributed by atoms with Crippen molar-refractivity contribution in [2.24, 2.45) is 0 Å². The Morgan fingerprint density at radius 1 is 0.510 bits per heavy atom. The predicted molar refractivity (Wildman–Crippen MR) is 200 cm³/mol. The molecule has 5 nitrogen and oxygen atoms in total. The molecule has 250 valence electrons. The molecule has 5 aromatic rings. The van der Waals surface area contributed by atoms with Gasteiger partial charge in [0.25, 0.3) is 0 Å². The fourth-order valence-corrected chi connectivity index (χ4v) is 5.13. The summed E-state index contributed by atoms with van der Waals surface area (Å²) in [6.07, 6.45) is 7.67. The molecular weight excluding hydrogens is 608 g/mol. The first kappa shape index (κ1) is 34.8. The van der Waals surface area contributed by atoms with Crippen LogP contribution in [0.2, 0.25) is 0 Å². The molecule has 49 heavy (non-hydrogen) atoms. The SMILES string of the molecule is C=C(C)c1ccc(OCCCCCCOc2ccc(-c3ccc(OCCOc4ccc(/C=C/C(=O)c5ccccc5)cc4)cc3)cc2)cc1. The molecule has 5 aromatic carbocycles. The standard InChI is InChI=1S/C44H44O5/c1-34(2)36-15-23-41(24-16-36)46-30-8-3-4-9-31-47-42-25-17-37(18-26-42)38-19-27-43(28-20-38)49-33-32-48-40-21-12-35(13-22-40)14-29-44(45)39-10-6-5-7-11-39/h5-7,10-29H,1,3-4,8-9,30-33H2,2H3/b29-14+. The maximum atomic E-state index is 12.3. The lowest BCUT2D eigenvalue weighted by Crippen LogP contribution is -2.08. The fourth-order valence-electron chi connectivity index (χ4n) is 5.13. The van der Waals surface area contributed by atoms with E-state index in [1.165, 1.54) is 0 Å². The average Bonchev–Trinajstić information content (AvgIpc) is 3.15. The van der Waals surface area contributed by atoms with Crippen LogP contribution < -0.4 is 18.9 Å². The van der Waals surface area contributed by atoms with Crippen LogP contribution in [-0.4, -0.2) is 32.2 Å². The first-order chi connectivity index (χ1) is 24.0. The molecule has 0 heterocycles. The Kier molecular flexibility index (Phi) is 13.3. The lowest BCUT2D eigenvalue weighted by Gasteiger charge is -2.10. The zero-order valence-electron chi connectivity index (χ0n) is 28.2. The van der Waals surface area contributed by atoms with E-state index in [4.69, 9.17) is 18.9 Å². The third-order valence-electron chi connectivity index (χ3n) is 7.95. The molecule has 0 aromatic heterocycles. The van der Waals surface area contributed by atoms with Gasteiger partial charge in [-0.3, -0.25) is 4.79 Å². The van der Waals surface area contributed by atoms with Crippen molar-refractivity contribution in [3.05, 3.63) is 157 Å². The number of rotatable bonds is 19. The molecule has 0 saturated heterocycles. The second-order valence-electron chi connectivity index (χ2n) is 11.8. The summed E-state index contributed by atoms with van der Waals surface area (Å²) in [7, 11) is 0. The van der Waals surface area contributed by atoms with Crippen LogP contribution in [0, 0.1) is 0 Å². The van der Waals surface area contributed by atoms with Crippen molar-refractivity contribution < 1.29 is 23.7 Å². The number of benzene rings is 5. The predicted octanol–water partition coefficient (Wildman–Crippen LogP) is 10.8. The van der Waals surface area contributed by atoms with Crippen LogP contribution in [0.5, 0.6) is 23.0 Å². The van der Waals surface area contributed by atoms with E-state index >= 15 is 0 Å². The van der Waals surface area contributed by atoms with Crippen LogP contribution in [-0.2, 0) is 0 Å². The molecule has 0 aliphatic rings. The van der Waals surface area contributed by atoms with E-state index in [0.29, 0.717) is 25.4 Å². The highest BCUT2D eigenvalue weighted by Crippen LogP contribution is 2.25. The number of carbonyl (C=O) groups is 1. The van der Waals surface area contributed by atoms with Gasteiger partial charge in [-0.05, 0) is 109 Å². The van der Waals surface area contributed by atoms with Crippen molar-refractivity contribution in [3.63, 3.8) is 0 Å². The average molecular weight is 653 g/mol.